The van der Waals surface area contributed by atoms with E-state index in [1.54, 1.807) is 11.8 Å². The van der Waals surface area contributed by atoms with Crippen LogP contribution in [-0.4, -0.2) is 59.0 Å². The van der Waals surface area contributed by atoms with Crippen molar-refractivity contribution in [2.45, 2.75) is 13.3 Å². The van der Waals surface area contributed by atoms with Gasteiger partial charge in [-0.05, 0) is 5.83 Å². The van der Waals surface area contributed by atoms with Gasteiger partial charge in [0.05, 0.1) is 0 Å². The van der Waals surface area contributed by atoms with Gasteiger partial charge >= 0.3 is 0 Å². The lowest BCUT2D eigenvalue weighted by molar-refractivity contribution is -0.138. The summed E-state index contributed by atoms with van der Waals surface area (Å²) in [7, 11) is 0. The molecule has 0 bridgehead atoms. The van der Waals surface area contributed by atoms with Gasteiger partial charge in [0.1, 0.15) is 0 Å². The molecule has 0 N–H and O–H groups in total. The summed E-state index contributed by atoms with van der Waals surface area (Å²) in [6, 6.07) is 0. The molecule has 0 atom stereocenters. The van der Waals surface area contributed by atoms with Crippen LogP contribution in [0.4, 0.5) is 0 Å². The molecule has 0 radical (unpaired) electrons. The molecule has 1 aliphatic rings. The smallest absolute Gasteiger partial charge is 0.223 e. The van der Waals surface area contributed by atoms with Crippen LogP contribution >= 0.6 is 31.9 Å². The number of hydrogen-bond acceptors (Lipinski definition) is 2. The summed E-state index contributed by atoms with van der Waals surface area (Å²) < 4.78 is 0. The van der Waals surface area contributed by atoms with Crippen molar-refractivity contribution < 1.29 is 9.59 Å². The summed E-state index contributed by atoms with van der Waals surface area (Å²) >= 11 is 6.18. The van der Waals surface area contributed by atoms with Gasteiger partial charge in [0.25, 0.3) is 0 Å². The Morgan fingerprint density at radius 1 is 1.06 bits per heavy atom. The van der Waals surface area contributed by atoms with Crippen molar-refractivity contribution in [3.05, 3.63) is 0 Å². The van der Waals surface area contributed by atoms with E-state index >= 15 is 0 Å². The van der Waals surface area contributed by atoms with E-state index in [4.69, 9.17) is 0 Å². The Kier molecular flexibility index (Phi) is 8.93. The predicted octanol–water partition coefficient (Wildman–Crippen LogP) is 1.47. The van der Waals surface area contributed by atoms with Gasteiger partial charge in [-0.2, -0.15) is 0 Å². The van der Waals surface area contributed by atoms with Crippen LogP contribution in [-0.2, 0) is 9.59 Å². The molecule has 1 aliphatic heterocycles. The minimum Gasteiger partial charge on any atom is -0.339 e. The Morgan fingerprint density at radius 2 is 1.50 bits per heavy atom. The standard InChI is InChI=1S/C9H15BrN2O2.CH3Br/c1-8(13)11-4-6-12(7-5-11)9(14)2-3-10;1-2/h2-7H2,1H3;1H3. The van der Waals surface area contributed by atoms with Crippen LogP contribution in [0.2, 0.25) is 0 Å². The molecule has 0 unspecified atom stereocenters. The molecule has 2 amide bonds. The second-order valence-corrected chi connectivity index (χ2v) is 4.12. The van der Waals surface area contributed by atoms with Crippen LogP contribution in [0.3, 0.4) is 0 Å². The van der Waals surface area contributed by atoms with Crippen molar-refractivity contribution in [1.29, 1.82) is 0 Å². The molecule has 0 spiro atoms. The van der Waals surface area contributed by atoms with Gasteiger partial charge in [-0.15, -0.1) is 0 Å². The molecule has 1 rings (SSSR count). The maximum absolute atomic E-state index is 11.5. The average Bonchev–Trinajstić information content (AvgIpc) is 2.32. The van der Waals surface area contributed by atoms with Gasteiger partial charge in [0.2, 0.25) is 11.8 Å². The van der Waals surface area contributed by atoms with Gasteiger partial charge < -0.3 is 9.80 Å². The number of piperazine rings is 1. The third-order valence-electron chi connectivity index (χ3n) is 2.39. The first kappa shape index (κ1) is 15.9. The lowest BCUT2D eigenvalue weighted by Crippen LogP contribution is -2.50. The number of halogens is 2. The summed E-state index contributed by atoms with van der Waals surface area (Å²) in [4.78, 5) is 26.1. The second-order valence-electron chi connectivity index (χ2n) is 3.33. The number of carbonyl (C=O) groups excluding carboxylic acids is 2. The quantitative estimate of drug-likeness (QED) is 0.702. The molecule has 0 aromatic heterocycles. The van der Waals surface area contributed by atoms with E-state index < -0.39 is 0 Å². The van der Waals surface area contributed by atoms with Crippen LogP contribution in [0.5, 0.6) is 0 Å². The first-order valence-corrected chi connectivity index (χ1v) is 7.83. The second kappa shape index (κ2) is 8.98. The van der Waals surface area contributed by atoms with Crippen molar-refractivity contribution in [3.8, 4) is 0 Å². The molecule has 16 heavy (non-hydrogen) atoms. The fourth-order valence-electron chi connectivity index (χ4n) is 1.51. The van der Waals surface area contributed by atoms with E-state index in [-0.39, 0.29) is 11.8 Å². The van der Waals surface area contributed by atoms with Gasteiger partial charge in [0.15, 0.2) is 0 Å². The molecule has 0 saturated carbocycles. The highest BCUT2D eigenvalue weighted by Gasteiger charge is 2.21. The minimum absolute atomic E-state index is 0.0950. The van der Waals surface area contributed by atoms with Crippen molar-refractivity contribution in [2.24, 2.45) is 0 Å². The fourth-order valence-corrected chi connectivity index (χ4v) is 1.85. The number of nitrogens with zero attached hydrogens (tertiary/aromatic N) is 2. The third kappa shape index (κ3) is 5.30. The maximum atomic E-state index is 11.5. The van der Waals surface area contributed by atoms with Crippen LogP contribution in [0.1, 0.15) is 13.3 Å². The highest BCUT2D eigenvalue weighted by molar-refractivity contribution is 9.09. The van der Waals surface area contributed by atoms with E-state index in [0.29, 0.717) is 37.9 Å². The number of rotatable bonds is 2. The molecule has 4 nitrogen and oxygen atoms in total. The van der Waals surface area contributed by atoms with Gasteiger partial charge in [-0.25, -0.2) is 0 Å². The molecule has 0 aliphatic carbocycles. The molecular weight excluding hydrogens is 340 g/mol. The van der Waals surface area contributed by atoms with E-state index in [9.17, 15) is 9.59 Å². The normalized spacial score (nSPS) is 15.2. The zero-order chi connectivity index (χ0) is 12.6. The van der Waals surface area contributed by atoms with Gasteiger partial charge in [-0.3, -0.25) is 9.59 Å². The van der Waals surface area contributed by atoms with Gasteiger partial charge in [-0.1, -0.05) is 31.9 Å². The summed E-state index contributed by atoms with van der Waals surface area (Å²) in [5, 5.41) is 0.707. The summed E-state index contributed by atoms with van der Waals surface area (Å²) in [6.45, 7) is 4.25. The Bertz CT molecular complexity index is 229. The number of amides is 2. The Balaban J connectivity index is 0.00000106. The summed E-state index contributed by atoms with van der Waals surface area (Å²) in [5.74, 6) is 2.08. The molecular formula is C10H18Br2N2O2. The van der Waals surface area contributed by atoms with Gasteiger partial charge in [0, 0.05) is 44.9 Å². The Morgan fingerprint density at radius 3 is 1.88 bits per heavy atom. The average molecular weight is 358 g/mol. The first-order chi connectivity index (χ1) is 7.65. The molecule has 0 aromatic rings. The minimum atomic E-state index is 0.0950. The lowest BCUT2D eigenvalue weighted by Gasteiger charge is -2.34. The zero-order valence-corrected chi connectivity index (χ0v) is 12.9. The van der Waals surface area contributed by atoms with E-state index in [1.165, 1.54) is 0 Å². The monoisotopic (exact) mass is 356 g/mol. The van der Waals surface area contributed by atoms with Crippen LogP contribution < -0.4 is 0 Å². The van der Waals surface area contributed by atoms with E-state index in [0.717, 1.165) is 0 Å². The van der Waals surface area contributed by atoms with E-state index in [1.807, 2.05) is 10.7 Å². The van der Waals surface area contributed by atoms with Crippen molar-refractivity contribution in [3.63, 3.8) is 0 Å². The topological polar surface area (TPSA) is 40.6 Å². The third-order valence-corrected chi connectivity index (χ3v) is 2.78. The fraction of sp³-hybridized carbons (Fsp3) is 0.800. The Hall–Kier alpha value is -0.100. The van der Waals surface area contributed by atoms with Crippen molar-refractivity contribution in [2.75, 3.05) is 37.3 Å². The maximum Gasteiger partial charge on any atom is 0.223 e. The number of alkyl halides is 2. The first-order valence-electron chi connectivity index (χ1n) is 5.12. The SMILES string of the molecule is CBr.CC(=O)N1CCN(C(=O)CCBr)CC1. The van der Waals surface area contributed by atoms with Crippen LogP contribution in [0, 0.1) is 0 Å². The molecule has 1 saturated heterocycles. The van der Waals surface area contributed by atoms with Crippen molar-refractivity contribution >= 4 is 43.7 Å². The molecule has 1 heterocycles. The highest BCUT2D eigenvalue weighted by atomic mass is 79.9. The zero-order valence-electron chi connectivity index (χ0n) is 9.71. The van der Waals surface area contributed by atoms with Crippen molar-refractivity contribution in [1.82, 2.24) is 9.80 Å². The lowest BCUT2D eigenvalue weighted by atomic mass is 10.3. The largest absolute Gasteiger partial charge is 0.339 e. The summed E-state index contributed by atoms with van der Waals surface area (Å²) in [6.07, 6.45) is 0.542. The molecule has 94 valence electrons. The molecule has 0 aromatic carbocycles. The predicted molar refractivity (Wildman–Crippen MR) is 72.1 cm³/mol. The van der Waals surface area contributed by atoms with Crippen LogP contribution in [0.25, 0.3) is 0 Å². The highest BCUT2D eigenvalue weighted by Crippen LogP contribution is 2.04. The molecule has 6 heteroatoms. The Labute approximate surface area is 114 Å². The number of hydrogen-bond donors (Lipinski definition) is 0. The molecule has 1 fully saturated rings. The van der Waals surface area contributed by atoms with Crippen LogP contribution in [0.15, 0.2) is 0 Å². The van der Waals surface area contributed by atoms with E-state index in [2.05, 4.69) is 31.9 Å². The summed E-state index contributed by atoms with van der Waals surface area (Å²) in [5.41, 5.74) is 0. The number of carbonyl (C=O) groups is 2.